The monoisotopic (exact) mass is 733 g/mol. The van der Waals surface area contributed by atoms with Crippen molar-refractivity contribution in [1.82, 2.24) is 15.0 Å². The van der Waals surface area contributed by atoms with Crippen LogP contribution in [0.25, 0.3) is 110 Å². The van der Waals surface area contributed by atoms with Crippen molar-refractivity contribution >= 4 is 53.4 Å². The number of hydrogen-bond acceptors (Lipinski definition) is 5. The van der Waals surface area contributed by atoms with Crippen LogP contribution < -0.4 is 0 Å². The molecule has 56 heavy (non-hydrogen) atoms. The lowest BCUT2D eigenvalue weighted by Crippen LogP contribution is -2.00. The van der Waals surface area contributed by atoms with E-state index < -0.39 is 0 Å². The van der Waals surface area contributed by atoms with Gasteiger partial charge >= 0.3 is 0 Å². The lowest BCUT2D eigenvalue weighted by Gasteiger charge is -2.09. The van der Waals surface area contributed by atoms with Crippen LogP contribution in [0.4, 0.5) is 0 Å². The van der Waals surface area contributed by atoms with Crippen molar-refractivity contribution in [1.29, 1.82) is 0 Å². The van der Waals surface area contributed by atoms with E-state index in [-0.39, 0.29) is 0 Å². The van der Waals surface area contributed by atoms with E-state index in [1.807, 2.05) is 53.8 Å². The van der Waals surface area contributed by atoms with Gasteiger partial charge in [0, 0.05) is 42.1 Å². The van der Waals surface area contributed by atoms with Crippen LogP contribution in [-0.4, -0.2) is 15.0 Å². The summed E-state index contributed by atoms with van der Waals surface area (Å²) < 4.78 is 9.25. The zero-order chi connectivity index (χ0) is 37.0. The zero-order valence-electron chi connectivity index (χ0n) is 30.1. The molecule has 0 fully saturated rings. The van der Waals surface area contributed by atoms with Gasteiger partial charge in [0.25, 0.3) is 0 Å². The van der Waals surface area contributed by atoms with Gasteiger partial charge in [0.2, 0.25) is 0 Å². The molecule has 0 aliphatic carbocycles. The van der Waals surface area contributed by atoms with Gasteiger partial charge in [-0.25, -0.2) is 15.0 Å². The van der Waals surface area contributed by atoms with Crippen LogP contribution in [0.1, 0.15) is 0 Å². The quantitative estimate of drug-likeness (QED) is 0.171. The van der Waals surface area contributed by atoms with E-state index >= 15 is 0 Å². The Bertz CT molecular complexity index is 3230. The molecule has 0 saturated heterocycles. The van der Waals surface area contributed by atoms with Gasteiger partial charge in [0.1, 0.15) is 11.2 Å². The van der Waals surface area contributed by atoms with Crippen molar-refractivity contribution in [3.8, 4) is 67.5 Å². The smallest absolute Gasteiger partial charge is 0.167 e. The van der Waals surface area contributed by atoms with E-state index in [0.717, 1.165) is 55.3 Å². The maximum atomic E-state index is 6.66. The molecule has 0 unspecified atom stereocenters. The summed E-state index contributed by atoms with van der Waals surface area (Å²) >= 11 is 1.86. The highest BCUT2D eigenvalue weighted by Crippen LogP contribution is 2.42. The van der Waals surface area contributed by atoms with Crippen LogP contribution in [-0.2, 0) is 0 Å². The highest BCUT2D eigenvalue weighted by Gasteiger charge is 2.19. The maximum Gasteiger partial charge on any atom is 0.167 e. The highest BCUT2D eigenvalue weighted by molar-refractivity contribution is 7.26. The maximum absolute atomic E-state index is 6.66. The van der Waals surface area contributed by atoms with Crippen LogP contribution in [0, 0.1) is 0 Å². The van der Waals surface area contributed by atoms with Gasteiger partial charge < -0.3 is 4.42 Å². The standard InChI is InChI=1S/C51H31N3OS/c1-4-12-32(13-5-1)33-22-24-36(25-23-33)50-52-49(35-16-8-3-9-17-35)53-51(54-50)42-21-11-19-40-43-30-37(26-28-45(43)55-47(40)42)38-27-29-46-44(31-38)41-20-10-18-39(48(41)56-46)34-14-6-2-7-15-34/h1-31H. The van der Waals surface area contributed by atoms with Crippen LogP contribution in [0.2, 0.25) is 0 Å². The number of thiophene rings is 1. The molecule has 5 heteroatoms. The van der Waals surface area contributed by atoms with Gasteiger partial charge in [-0.1, -0.05) is 158 Å². The van der Waals surface area contributed by atoms with Crippen molar-refractivity contribution in [2.75, 3.05) is 0 Å². The summed E-state index contributed by atoms with van der Waals surface area (Å²) in [5, 5.41) is 4.63. The molecule has 0 saturated carbocycles. The molecule has 0 N–H and O–H groups in total. The predicted molar refractivity (Wildman–Crippen MR) is 233 cm³/mol. The molecule has 0 spiro atoms. The Labute approximate surface area is 327 Å². The number of aromatic nitrogens is 3. The normalized spacial score (nSPS) is 11.6. The fraction of sp³-hybridized carbons (Fsp3) is 0. The molecule has 0 aliphatic heterocycles. The van der Waals surface area contributed by atoms with E-state index in [9.17, 15) is 0 Å². The lowest BCUT2D eigenvalue weighted by atomic mass is 9.99. The summed E-state index contributed by atoms with van der Waals surface area (Å²) in [6, 6.07) is 65.7. The molecular weight excluding hydrogens is 703 g/mol. The first-order valence-electron chi connectivity index (χ1n) is 18.7. The highest BCUT2D eigenvalue weighted by atomic mass is 32.1. The van der Waals surface area contributed by atoms with E-state index in [0.29, 0.717) is 17.5 Å². The Kier molecular flexibility index (Phi) is 7.64. The molecule has 11 aromatic rings. The summed E-state index contributed by atoms with van der Waals surface area (Å²) in [4.78, 5) is 15.1. The summed E-state index contributed by atoms with van der Waals surface area (Å²) in [5.41, 5.74) is 11.4. The van der Waals surface area contributed by atoms with Crippen LogP contribution in [0.15, 0.2) is 192 Å². The topological polar surface area (TPSA) is 51.8 Å². The fourth-order valence-electron chi connectivity index (χ4n) is 7.76. The second-order valence-electron chi connectivity index (χ2n) is 14.0. The lowest BCUT2D eigenvalue weighted by molar-refractivity contribution is 0.669. The van der Waals surface area contributed by atoms with Crippen molar-refractivity contribution in [3.63, 3.8) is 0 Å². The summed E-state index contributed by atoms with van der Waals surface area (Å²) in [6.45, 7) is 0. The molecule has 4 nitrogen and oxygen atoms in total. The molecule has 11 rings (SSSR count). The molecule has 0 bridgehead atoms. The second-order valence-corrected chi connectivity index (χ2v) is 15.0. The Balaban J connectivity index is 1.01. The third-order valence-electron chi connectivity index (χ3n) is 10.6. The first kappa shape index (κ1) is 32.2. The van der Waals surface area contributed by atoms with E-state index in [1.165, 1.54) is 36.9 Å². The summed E-state index contributed by atoms with van der Waals surface area (Å²) in [6.07, 6.45) is 0. The first-order valence-corrected chi connectivity index (χ1v) is 19.5. The fourth-order valence-corrected chi connectivity index (χ4v) is 8.98. The molecule has 3 heterocycles. The van der Waals surface area contributed by atoms with E-state index in [4.69, 9.17) is 19.4 Å². The number of nitrogens with zero attached hydrogens (tertiary/aromatic N) is 3. The van der Waals surface area contributed by atoms with Crippen LogP contribution in [0.5, 0.6) is 0 Å². The van der Waals surface area contributed by atoms with Crippen molar-refractivity contribution in [3.05, 3.63) is 188 Å². The third-order valence-corrected chi connectivity index (χ3v) is 11.8. The minimum Gasteiger partial charge on any atom is -0.455 e. The SMILES string of the molecule is c1ccc(-c2ccc(-c3nc(-c4ccccc4)nc(-c4cccc5c4oc4ccc(-c6ccc7sc8c(-c9ccccc9)cccc8c7c6)cc45)n3)cc2)cc1. The van der Waals surface area contributed by atoms with E-state index in [2.05, 4.69) is 146 Å². The molecule has 0 amide bonds. The van der Waals surface area contributed by atoms with Crippen LogP contribution in [0.3, 0.4) is 0 Å². The largest absolute Gasteiger partial charge is 0.455 e. The molecule has 3 aromatic heterocycles. The third kappa shape index (κ3) is 5.56. The average molecular weight is 734 g/mol. The molecule has 0 atom stereocenters. The zero-order valence-corrected chi connectivity index (χ0v) is 30.9. The summed E-state index contributed by atoms with van der Waals surface area (Å²) in [5.74, 6) is 1.78. The Morgan fingerprint density at radius 3 is 1.57 bits per heavy atom. The van der Waals surface area contributed by atoms with Gasteiger partial charge in [-0.3, -0.25) is 0 Å². The number of benzene rings is 8. The summed E-state index contributed by atoms with van der Waals surface area (Å²) in [7, 11) is 0. The second kappa shape index (κ2) is 13.3. The molecular formula is C51H31N3OS. The van der Waals surface area contributed by atoms with Crippen molar-refractivity contribution in [2.45, 2.75) is 0 Å². The Morgan fingerprint density at radius 1 is 0.339 bits per heavy atom. The van der Waals surface area contributed by atoms with Gasteiger partial charge in [0.15, 0.2) is 17.5 Å². The first-order chi connectivity index (χ1) is 27.7. The average Bonchev–Trinajstić information content (AvgIpc) is 3.85. The van der Waals surface area contributed by atoms with Gasteiger partial charge in [-0.05, 0) is 63.7 Å². The number of furan rings is 1. The Hall–Kier alpha value is -7.21. The van der Waals surface area contributed by atoms with E-state index in [1.54, 1.807) is 0 Å². The molecule has 0 radical (unpaired) electrons. The molecule has 262 valence electrons. The molecule has 8 aromatic carbocycles. The Morgan fingerprint density at radius 2 is 0.857 bits per heavy atom. The van der Waals surface area contributed by atoms with Crippen LogP contribution >= 0.6 is 11.3 Å². The van der Waals surface area contributed by atoms with Crippen molar-refractivity contribution in [2.24, 2.45) is 0 Å². The minimum absolute atomic E-state index is 0.565. The van der Waals surface area contributed by atoms with Gasteiger partial charge in [-0.15, -0.1) is 11.3 Å². The molecule has 0 aliphatic rings. The number of hydrogen-bond donors (Lipinski definition) is 0. The predicted octanol–water partition coefficient (Wildman–Crippen LogP) is 14.1. The minimum atomic E-state index is 0.565. The van der Waals surface area contributed by atoms with Gasteiger partial charge in [0.05, 0.1) is 5.56 Å². The number of rotatable bonds is 6. The van der Waals surface area contributed by atoms with Crippen molar-refractivity contribution < 1.29 is 4.42 Å². The number of fused-ring (bicyclic) bond motifs is 6. The number of para-hydroxylation sites is 1. The van der Waals surface area contributed by atoms with Gasteiger partial charge in [-0.2, -0.15) is 0 Å².